The smallest absolute Gasteiger partial charge is 0.0992 e. The minimum atomic E-state index is -0.0230. The lowest BCUT2D eigenvalue weighted by Crippen LogP contribution is -2.29. The van der Waals surface area contributed by atoms with Crippen molar-refractivity contribution in [2.75, 3.05) is 13.2 Å². The maximum Gasteiger partial charge on any atom is 0.0992 e. The number of ether oxygens (including phenoxy) is 1. The van der Waals surface area contributed by atoms with Crippen LogP contribution in [-0.4, -0.2) is 25.1 Å². The second-order valence-electron chi connectivity index (χ2n) is 5.65. The third-order valence-electron chi connectivity index (χ3n) is 3.05. The lowest BCUT2D eigenvalue weighted by molar-refractivity contribution is 0.0334. The number of hydrogen-bond donors (Lipinski definition) is 1. The number of aliphatic imine (C=N–C) groups is 1. The molecular weight excluding hydrogens is 200 g/mol. The lowest BCUT2D eigenvalue weighted by atomic mass is 9.95. The van der Waals surface area contributed by atoms with Gasteiger partial charge in [0.25, 0.3) is 0 Å². The maximum atomic E-state index is 5.86. The van der Waals surface area contributed by atoms with Crippen molar-refractivity contribution in [2.45, 2.75) is 59.0 Å². The summed E-state index contributed by atoms with van der Waals surface area (Å²) in [6, 6.07) is 0. The fraction of sp³-hybridized carbons (Fsp3) is 0.923. The minimum absolute atomic E-state index is 0.0230. The Morgan fingerprint density at radius 3 is 2.44 bits per heavy atom. The van der Waals surface area contributed by atoms with E-state index in [0.29, 0.717) is 19.3 Å². The molecule has 0 spiro atoms. The predicted octanol–water partition coefficient (Wildman–Crippen LogP) is 2.74. The summed E-state index contributed by atoms with van der Waals surface area (Å²) in [4.78, 5) is 4.35. The Labute approximate surface area is 99.5 Å². The predicted molar refractivity (Wildman–Crippen MR) is 68.8 cm³/mol. The Kier molecular flexibility index (Phi) is 5.26. The second-order valence-corrected chi connectivity index (χ2v) is 5.65. The third-order valence-corrected chi connectivity index (χ3v) is 3.05. The fourth-order valence-electron chi connectivity index (χ4n) is 1.85. The highest BCUT2D eigenvalue weighted by Gasteiger charge is 2.15. The van der Waals surface area contributed by atoms with Crippen LogP contribution < -0.4 is 5.73 Å². The number of rotatable bonds is 4. The first-order chi connectivity index (χ1) is 7.50. The van der Waals surface area contributed by atoms with Crippen LogP contribution in [0, 0.1) is 5.41 Å². The van der Waals surface area contributed by atoms with Crippen LogP contribution in [0.1, 0.15) is 52.9 Å². The molecule has 3 nitrogen and oxygen atoms in total. The highest BCUT2D eigenvalue weighted by atomic mass is 16.5. The molecule has 0 heterocycles. The van der Waals surface area contributed by atoms with E-state index in [2.05, 4.69) is 25.8 Å². The van der Waals surface area contributed by atoms with Gasteiger partial charge in [0.1, 0.15) is 0 Å². The van der Waals surface area contributed by atoms with Crippen LogP contribution in [0.3, 0.4) is 0 Å². The van der Waals surface area contributed by atoms with Crippen molar-refractivity contribution in [3.63, 3.8) is 0 Å². The van der Waals surface area contributed by atoms with Gasteiger partial charge in [0.15, 0.2) is 0 Å². The van der Waals surface area contributed by atoms with Gasteiger partial charge in [-0.05, 0) is 12.8 Å². The fourth-order valence-corrected chi connectivity index (χ4v) is 1.85. The molecule has 1 fully saturated rings. The number of hydrogen-bond acceptors (Lipinski definition) is 2. The van der Waals surface area contributed by atoms with Gasteiger partial charge in [-0.3, -0.25) is 4.99 Å². The largest absolute Gasteiger partial charge is 0.387 e. The van der Waals surface area contributed by atoms with E-state index in [4.69, 9.17) is 10.5 Å². The Balaban J connectivity index is 2.15. The van der Waals surface area contributed by atoms with Gasteiger partial charge in [0, 0.05) is 5.41 Å². The normalized spacial score (nSPS) is 20.1. The molecule has 3 heteroatoms. The van der Waals surface area contributed by atoms with Crippen LogP contribution in [0.4, 0.5) is 0 Å². The van der Waals surface area contributed by atoms with Crippen LogP contribution in [-0.2, 0) is 4.74 Å². The average molecular weight is 226 g/mol. The van der Waals surface area contributed by atoms with Gasteiger partial charge >= 0.3 is 0 Å². The van der Waals surface area contributed by atoms with Crippen molar-refractivity contribution in [1.29, 1.82) is 0 Å². The first kappa shape index (κ1) is 13.5. The molecule has 1 aliphatic rings. The molecule has 16 heavy (non-hydrogen) atoms. The Hall–Kier alpha value is -0.570. The van der Waals surface area contributed by atoms with Crippen molar-refractivity contribution in [1.82, 2.24) is 0 Å². The zero-order valence-corrected chi connectivity index (χ0v) is 11.0. The molecule has 1 rings (SSSR count). The highest BCUT2D eigenvalue weighted by molar-refractivity contribution is 5.85. The molecule has 0 atom stereocenters. The van der Waals surface area contributed by atoms with Gasteiger partial charge in [-0.1, -0.05) is 40.0 Å². The van der Waals surface area contributed by atoms with Crippen LogP contribution >= 0.6 is 0 Å². The van der Waals surface area contributed by atoms with Crippen molar-refractivity contribution < 1.29 is 4.74 Å². The zero-order chi connectivity index (χ0) is 12.0. The highest BCUT2D eigenvalue weighted by Crippen LogP contribution is 2.20. The number of nitrogens with zero attached hydrogens (tertiary/aromatic N) is 1. The summed E-state index contributed by atoms with van der Waals surface area (Å²) in [6.07, 6.45) is 6.92. The first-order valence-electron chi connectivity index (χ1n) is 6.42. The minimum Gasteiger partial charge on any atom is -0.387 e. The average Bonchev–Trinajstić information content (AvgIpc) is 2.24. The molecule has 1 aliphatic carbocycles. The number of amidine groups is 1. The standard InChI is InChI=1S/C13H26N2O/c1-13(2,3)12(14)15-9-10-16-11-7-5-4-6-8-11/h11H,4-10H2,1-3H3,(H2,14,15). The van der Waals surface area contributed by atoms with Crippen molar-refractivity contribution >= 4 is 5.84 Å². The maximum absolute atomic E-state index is 5.86. The number of nitrogens with two attached hydrogens (primary N) is 1. The van der Waals surface area contributed by atoms with Gasteiger partial charge in [0.05, 0.1) is 25.1 Å². The molecule has 0 amide bonds. The van der Waals surface area contributed by atoms with E-state index in [1.807, 2.05) is 0 Å². The molecule has 0 saturated heterocycles. The quantitative estimate of drug-likeness (QED) is 0.455. The lowest BCUT2D eigenvalue weighted by Gasteiger charge is -2.22. The van der Waals surface area contributed by atoms with Crippen LogP contribution in [0.25, 0.3) is 0 Å². The Morgan fingerprint density at radius 1 is 1.25 bits per heavy atom. The molecule has 0 aromatic rings. The summed E-state index contributed by atoms with van der Waals surface area (Å²) in [5.41, 5.74) is 5.84. The summed E-state index contributed by atoms with van der Waals surface area (Å²) in [6.45, 7) is 7.64. The second kappa shape index (κ2) is 6.24. The third kappa shape index (κ3) is 4.97. The van der Waals surface area contributed by atoms with E-state index in [1.54, 1.807) is 0 Å². The van der Waals surface area contributed by atoms with E-state index in [9.17, 15) is 0 Å². The van der Waals surface area contributed by atoms with Crippen LogP contribution in [0.15, 0.2) is 4.99 Å². The van der Waals surface area contributed by atoms with Crippen LogP contribution in [0.2, 0.25) is 0 Å². The molecule has 0 aromatic heterocycles. The summed E-state index contributed by atoms with van der Waals surface area (Å²) >= 11 is 0. The molecule has 0 aromatic carbocycles. The molecule has 94 valence electrons. The van der Waals surface area contributed by atoms with Gasteiger partial charge < -0.3 is 10.5 Å². The monoisotopic (exact) mass is 226 g/mol. The first-order valence-corrected chi connectivity index (χ1v) is 6.42. The summed E-state index contributed by atoms with van der Waals surface area (Å²) < 4.78 is 5.78. The summed E-state index contributed by atoms with van der Waals surface area (Å²) in [5, 5.41) is 0. The van der Waals surface area contributed by atoms with Crippen molar-refractivity contribution in [2.24, 2.45) is 16.1 Å². The SMILES string of the molecule is CC(C)(C)C(N)=NCCOC1CCCCC1. The molecule has 1 saturated carbocycles. The van der Waals surface area contributed by atoms with Gasteiger partial charge in [-0.25, -0.2) is 0 Å². The van der Waals surface area contributed by atoms with Crippen LogP contribution in [0.5, 0.6) is 0 Å². The van der Waals surface area contributed by atoms with E-state index in [-0.39, 0.29) is 5.41 Å². The van der Waals surface area contributed by atoms with Gasteiger partial charge in [0.2, 0.25) is 0 Å². The molecular formula is C13H26N2O. The topological polar surface area (TPSA) is 47.6 Å². The molecule has 0 aliphatic heterocycles. The van der Waals surface area contributed by atoms with Crippen molar-refractivity contribution in [3.8, 4) is 0 Å². The van der Waals surface area contributed by atoms with E-state index in [1.165, 1.54) is 32.1 Å². The van der Waals surface area contributed by atoms with E-state index < -0.39 is 0 Å². The van der Waals surface area contributed by atoms with E-state index in [0.717, 1.165) is 5.84 Å². The Morgan fingerprint density at radius 2 is 1.88 bits per heavy atom. The zero-order valence-electron chi connectivity index (χ0n) is 11.0. The van der Waals surface area contributed by atoms with Crippen molar-refractivity contribution in [3.05, 3.63) is 0 Å². The summed E-state index contributed by atoms with van der Waals surface area (Å²) in [5.74, 6) is 0.722. The van der Waals surface area contributed by atoms with Gasteiger partial charge in [-0.2, -0.15) is 0 Å². The summed E-state index contributed by atoms with van der Waals surface area (Å²) in [7, 11) is 0. The molecule has 2 N–H and O–H groups in total. The van der Waals surface area contributed by atoms with Gasteiger partial charge in [-0.15, -0.1) is 0 Å². The Bertz CT molecular complexity index is 225. The molecule has 0 radical (unpaired) electrons. The molecule has 0 unspecified atom stereocenters. The molecule has 0 bridgehead atoms. The van der Waals surface area contributed by atoms with E-state index >= 15 is 0 Å².